The van der Waals surface area contributed by atoms with Gasteiger partial charge in [0.25, 0.3) is 5.22 Å². The molecule has 0 aliphatic rings. The van der Waals surface area contributed by atoms with Gasteiger partial charge in [-0.15, -0.1) is 10.2 Å². The second-order valence-electron chi connectivity index (χ2n) is 7.73. The van der Waals surface area contributed by atoms with Gasteiger partial charge in [-0.25, -0.2) is 4.98 Å². The van der Waals surface area contributed by atoms with E-state index in [1.807, 2.05) is 49.4 Å². The number of hydrogen-bond donors (Lipinski definition) is 3. The van der Waals surface area contributed by atoms with Gasteiger partial charge in [-0.05, 0) is 56.7 Å². The zero-order chi connectivity index (χ0) is 22.2. The maximum absolute atomic E-state index is 12.4. The Balaban J connectivity index is 1.22. The number of hydrogen-bond acceptors (Lipinski definition) is 6. The van der Waals surface area contributed by atoms with Crippen LogP contribution in [-0.2, 0) is 4.79 Å². The summed E-state index contributed by atoms with van der Waals surface area (Å²) in [5, 5.41) is 12.7. The van der Waals surface area contributed by atoms with Gasteiger partial charge in [0.2, 0.25) is 11.8 Å². The fraction of sp³-hybridized carbons (Fsp3) is 0.217. The molecule has 162 valence electrons. The summed E-state index contributed by atoms with van der Waals surface area (Å²) >= 11 is 1.21. The number of nitrogens with one attached hydrogen (secondary N) is 3. The predicted octanol–water partition coefficient (Wildman–Crippen LogP) is 4.68. The van der Waals surface area contributed by atoms with Crippen LogP contribution < -0.4 is 5.32 Å². The molecule has 3 aromatic heterocycles. The lowest BCUT2D eigenvalue weighted by Gasteiger charge is -2.10. The van der Waals surface area contributed by atoms with E-state index < -0.39 is 0 Å². The fourth-order valence-electron chi connectivity index (χ4n) is 3.64. The Morgan fingerprint density at radius 2 is 1.97 bits per heavy atom. The van der Waals surface area contributed by atoms with Crippen molar-refractivity contribution in [3.63, 3.8) is 0 Å². The van der Waals surface area contributed by atoms with Gasteiger partial charge in [-0.1, -0.05) is 23.9 Å². The van der Waals surface area contributed by atoms with Crippen molar-refractivity contribution in [2.75, 3.05) is 5.75 Å². The molecule has 0 aliphatic heterocycles. The van der Waals surface area contributed by atoms with E-state index in [1.165, 1.54) is 17.3 Å². The fourth-order valence-corrected chi connectivity index (χ4v) is 4.21. The van der Waals surface area contributed by atoms with E-state index in [2.05, 4.69) is 44.3 Å². The van der Waals surface area contributed by atoms with Gasteiger partial charge in [-0.3, -0.25) is 4.79 Å². The van der Waals surface area contributed by atoms with Crippen LogP contribution >= 0.6 is 11.8 Å². The second kappa shape index (κ2) is 8.16. The van der Waals surface area contributed by atoms with E-state index in [9.17, 15) is 4.79 Å². The van der Waals surface area contributed by atoms with Crippen LogP contribution in [0.15, 0.2) is 52.1 Å². The summed E-state index contributed by atoms with van der Waals surface area (Å²) in [5.74, 6) is 1.18. The standard InChI is InChI=1S/C23H22N6O2S/c1-12-13(2)24-17-9-8-15(10-16(12)17)22-28-29-23(31-22)32-11-20(30)25-14(3)21-26-18-6-4-5-7-19(18)27-21/h4-10,14,24H,11H2,1-3H3,(H,25,30)(H,26,27)/t14-/m1/s1. The van der Waals surface area contributed by atoms with Crippen LogP contribution in [0.5, 0.6) is 0 Å². The van der Waals surface area contributed by atoms with Crippen molar-refractivity contribution in [2.24, 2.45) is 0 Å². The van der Waals surface area contributed by atoms with E-state index in [1.54, 1.807) is 0 Å². The molecule has 0 saturated heterocycles. The van der Waals surface area contributed by atoms with E-state index in [0.29, 0.717) is 11.1 Å². The Morgan fingerprint density at radius 3 is 2.81 bits per heavy atom. The number of aromatic amines is 2. The molecule has 0 radical (unpaired) electrons. The Labute approximate surface area is 188 Å². The lowest BCUT2D eigenvalue weighted by molar-refractivity contribution is -0.119. The van der Waals surface area contributed by atoms with E-state index >= 15 is 0 Å². The molecule has 0 fully saturated rings. The number of carbonyl (C=O) groups is 1. The van der Waals surface area contributed by atoms with Crippen molar-refractivity contribution in [1.82, 2.24) is 30.5 Å². The van der Waals surface area contributed by atoms with Gasteiger partial charge in [-0.2, -0.15) is 0 Å². The number of aromatic nitrogens is 5. The number of thioether (sulfide) groups is 1. The molecule has 3 heterocycles. The van der Waals surface area contributed by atoms with Gasteiger partial charge in [0.1, 0.15) is 5.82 Å². The molecule has 0 aliphatic carbocycles. The summed E-state index contributed by atoms with van der Waals surface area (Å²) in [6, 6.07) is 13.5. The van der Waals surface area contributed by atoms with Crippen LogP contribution in [0, 0.1) is 13.8 Å². The monoisotopic (exact) mass is 446 g/mol. The highest BCUT2D eigenvalue weighted by molar-refractivity contribution is 7.99. The first-order chi connectivity index (χ1) is 15.5. The summed E-state index contributed by atoms with van der Waals surface area (Å²) in [6.45, 7) is 6.03. The SMILES string of the molecule is Cc1[nH]c2ccc(-c3nnc(SCC(=O)N[C@H](C)c4nc5ccccc5[nH]4)o3)cc2c1C. The smallest absolute Gasteiger partial charge is 0.277 e. The van der Waals surface area contributed by atoms with Crippen molar-refractivity contribution >= 4 is 39.6 Å². The minimum absolute atomic E-state index is 0.137. The normalized spacial score (nSPS) is 12.5. The van der Waals surface area contributed by atoms with E-state index in [0.717, 1.165) is 39.0 Å². The summed E-state index contributed by atoms with van der Waals surface area (Å²) in [4.78, 5) is 23.5. The number of fused-ring (bicyclic) bond motifs is 2. The molecule has 32 heavy (non-hydrogen) atoms. The van der Waals surface area contributed by atoms with Gasteiger partial charge in [0.15, 0.2) is 0 Å². The van der Waals surface area contributed by atoms with Gasteiger partial charge >= 0.3 is 0 Å². The molecule has 1 atom stereocenters. The Bertz CT molecular complexity index is 1400. The van der Waals surface area contributed by atoms with Gasteiger partial charge in [0, 0.05) is 22.2 Å². The van der Waals surface area contributed by atoms with E-state index in [4.69, 9.17) is 4.42 Å². The predicted molar refractivity (Wildman–Crippen MR) is 124 cm³/mol. The molecule has 5 aromatic rings. The first-order valence-corrected chi connectivity index (χ1v) is 11.3. The lowest BCUT2D eigenvalue weighted by atomic mass is 10.1. The highest BCUT2D eigenvalue weighted by Crippen LogP contribution is 2.28. The van der Waals surface area contributed by atoms with Crippen LogP contribution in [-0.4, -0.2) is 36.8 Å². The summed E-state index contributed by atoms with van der Waals surface area (Å²) in [5.41, 5.74) is 6.09. The first kappa shape index (κ1) is 20.3. The molecule has 3 N–H and O–H groups in total. The molecule has 8 nitrogen and oxygen atoms in total. The minimum atomic E-state index is -0.242. The molecule has 9 heteroatoms. The molecular formula is C23H22N6O2S. The van der Waals surface area contributed by atoms with Crippen LogP contribution in [0.2, 0.25) is 0 Å². The first-order valence-electron chi connectivity index (χ1n) is 10.3. The number of nitrogens with zero attached hydrogens (tertiary/aromatic N) is 3. The topological polar surface area (TPSA) is 112 Å². The number of rotatable bonds is 6. The molecular weight excluding hydrogens is 424 g/mol. The maximum Gasteiger partial charge on any atom is 0.277 e. The van der Waals surface area contributed by atoms with Crippen molar-refractivity contribution in [1.29, 1.82) is 0 Å². The maximum atomic E-state index is 12.4. The van der Waals surface area contributed by atoms with Crippen molar-refractivity contribution < 1.29 is 9.21 Å². The molecule has 0 spiro atoms. The second-order valence-corrected chi connectivity index (χ2v) is 8.65. The Hall–Kier alpha value is -3.59. The highest BCUT2D eigenvalue weighted by Gasteiger charge is 2.16. The number of amides is 1. The number of H-pyrrole nitrogens is 2. The van der Waals surface area contributed by atoms with Crippen LogP contribution in [0.1, 0.15) is 30.0 Å². The highest BCUT2D eigenvalue weighted by atomic mass is 32.2. The molecule has 5 rings (SSSR count). The third-order valence-corrected chi connectivity index (χ3v) is 6.30. The zero-order valence-corrected chi connectivity index (χ0v) is 18.7. The average molecular weight is 447 g/mol. The molecule has 1 amide bonds. The van der Waals surface area contributed by atoms with Crippen LogP contribution in [0.3, 0.4) is 0 Å². The lowest BCUT2D eigenvalue weighted by Crippen LogP contribution is -2.28. The number of carbonyl (C=O) groups excluding carboxylic acids is 1. The van der Waals surface area contributed by atoms with Crippen molar-refractivity contribution in [3.8, 4) is 11.5 Å². The number of benzene rings is 2. The largest absolute Gasteiger partial charge is 0.411 e. The number of imidazole rings is 1. The number of aryl methyl sites for hydroxylation is 2. The van der Waals surface area contributed by atoms with Gasteiger partial charge in [0.05, 0.1) is 22.8 Å². The minimum Gasteiger partial charge on any atom is -0.411 e. The van der Waals surface area contributed by atoms with Gasteiger partial charge < -0.3 is 19.7 Å². The third-order valence-electron chi connectivity index (χ3n) is 5.48. The summed E-state index contributed by atoms with van der Waals surface area (Å²) in [6.07, 6.45) is 0. The molecule has 0 saturated carbocycles. The molecule has 0 unspecified atom stereocenters. The van der Waals surface area contributed by atoms with E-state index in [-0.39, 0.29) is 17.7 Å². The van der Waals surface area contributed by atoms with Crippen LogP contribution in [0.25, 0.3) is 33.4 Å². The Morgan fingerprint density at radius 1 is 1.12 bits per heavy atom. The van der Waals surface area contributed by atoms with Crippen LogP contribution in [0.4, 0.5) is 0 Å². The average Bonchev–Trinajstić information content (AvgIpc) is 3.50. The quantitative estimate of drug-likeness (QED) is 0.327. The van der Waals surface area contributed by atoms with Crippen molar-refractivity contribution in [2.45, 2.75) is 32.0 Å². The third kappa shape index (κ3) is 3.87. The summed E-state index contributed by atoms with van der Waals surface area (Å²) in [7, 11) is 0. The molecule has 0 bridgehead atoms. The molecule has 2 aromatic carbocycles. The van der Waals surface area contributed by atoms with Crippen molar-refractivity contribution in [3.05, 3.63) is 59.5 Å². The zero-order valence-electron chi connectivity index (χ0n) is 17.9. The number of para-hydroxylation sites is 2. The Kier molecular flexibility index (Phi) is 5.18. The summed E-state index contributed by atoms with van der Waals surface area (Å²) < 4.78 is 5.78.